The largest absolute Gasteiger partial charge is 0.333 e. The molecule has 19 heavy (non-hydrogen) atoms. The maximum absolute atomic E-state index is 4.10. The summed E-state index contributed by atoms with van der Waals surface area (Å²) in [6.07, 6.45) is 5.67. The Hall–Kier alpha value is -2.35. The van der Waals surface area contributed by atoms with E-state index in [1.807, 2.05) is 18.7 Å². The molecule has 0 N–H and O–H groups in total. The van der Waals surface area contributed by atoms with Crippen LogP contribution in [-0.2, 0) is 6.54 Å². The molecule has 1 heterocycles. The van der Waals surface area contributed by atoms with Gasteiger partial charge in [0, 0.05) is 18.9 Å². The molecule has 0 aliphatic carbocycles. The quantitative estimate of drug-likeness (QED) is 0.687. The number of nitrogens with zero attached hydrogens (tertiary/aromatic N) is 2. The fourth-order valence-corrected chi connectivity index (χ4v) is 2.37. The Labute approximate surface area is 113 Å². The van der Waals surface area contributed by atoms with Gasteiger partial charge >= 0.3 is 0 Å². The van der Waals surface area contributed by atoms with Crippen molar-refractivity contribution in [3.05, 3.63) is 78.4 Å². The van der Waals surface area contributed by atoms with Crippen molar-refractivity contribution in [1.82, 2.24) is 9.55 Å². The molecule has 0 saturated carbocycles. The number of rotatable bonds is 3. The number of imidazole rings is 1. The Balaban J connectivity index is 2.05. The van der Waals surface area contributed by atoms with Crippen LogP contribution in [-0.4, -0.2) is 9.55 Å². The first kappa shape index (κ1) is 11.7. The van der Waals surface area contributed by atoms with Crippen molar-refractivity contribution in [3.8, 4) is 11.1 Å². The van der Waals surface area contributed by atoms with Crippen molar-refractivity contribution in [1.29, 1.82) is 0 Å². The third-order valence-corrected chi connectivity index (χ3v) is 3.36. The van der Waals surface area contributed by atoms with Crippen molar-refractivity contribution in [2.24, 2.45) is 0 Å². The summed E-state index contributed by atoms with van der Waals surface area (Å²) >= 11 is 0. The molecule has 2 heteroatoms. The predicted molar refractivity (Wildman–Crippen MR) is 77.9 cm³/mol. The van der Waals surface area contributed by atoms with Crippen LogP contribution >= 0.6 is 0 Å². The van der Waals surface area contributed by atoms with Crippen molar-refractivity contribution in [2.45, 2.75) is 13.5 Å². The normalized spacial score (nSPS) is 10.6. The van der Waals surface area contributed by atoms with E-state index in [-0.39, 0.29) is 0 Å². The van der Waals surface area contributed by atoms with Gasteiger partial charge in [-0.1, -0.05) is 48.5 Å². The molecule has 0 aliphatic heterocycles. The molecule has 3 rings (SSSR count). The van der Waals surface area contributed by atoms with Crippen LogP contribution in [0.25, 0.3) is 11.1 Å². The van der Waals surface area contributed by atoms with Gasteiger partial charge in [0.25, 0.3) is 0 Å². The highest BCUT2D eigenvalue weighted by atomic mass is 15.0. The fourth-order valence-electron chi connectivity index (χ4n) is 2.37. The van der Waals surface area contributed by atoms with Gasteiger partial charge in [-0.15, -0.1) is 0 Å². The van der Waals surface area contributed by atoms with Gasteiger partial charge in [0.05, 0.1) is 6.33 Å². The number of benzene rings is 2. The summed E-state index contributed by atoms with van der Waals surface area (Å²) in [5, 5.41) is 0. The molecule has 1 aromatic heterocycles. The Bertz CT molecular complexity index is 669. The van der Waals surface area contributed by atoms with Crippen molar-refractivity contribution >= 4 is 0 Å². The van der Waals surface area contributed by atoms with Gasteiger partial charge in [-0.3, -0.25) is 0 Å². The second-order valence-corrected chi connectivity index (χ2v) is 4.71. The zero-order valence-corrected chi connectivity index (χ0v) is 11.0. The molecule has 0 aliphatic rings. The van der Waals surface area contributed by atoms with E-state index in [9.17, 15) is 0 Å². The molecule has 0 amide bonds. The standard InChI is InChI=1S/C17H16N2/c1-14-6-2-4-8-16(14)17-9-5-3-7-15(17)12-19-11-10-18-13-19/h2-11,13H,12H2,1H3. The number of aromatic nitrogens is 2. The maximum Gasteiger partial charge on any atom is 0.0949 e. The Kier molecular flexibility index (Phi) is 3.15. The number of hydrogen-bond acceptors (Lipinski definition) is 1. The van der Waals surface area contributed by atoms with Gasteiger partial charge in [-0.2, -0.15) is 0 Å². The van der Waals surface area contributed by atoms with Crippen LogP contribution in [0.15, 0.2) is 67.3 Å². The van der Waals surface area contributed by atoms with Crippen LogP contribution in [0, 0.1) is 6.92 Å². The number of hydrogen-bond donors (Lipinski definition) is 0. The summed E-state index contributed by atoms with van der Waals surface area (Å²) in [5.41, 5.74) is 5.22. The minimum atomic E-state index is 0.852. The Morgan fingerprint density at radius 2 is 1.68 bits per heavy atom. The molecule has 94 valence electrons. The molecular formula is C17H16N2. The third-order valence-electron chi connectivity index (χ3n) is 3.36. The Morgan fingerprint density at radius 3 is 2.42 bits per heavy atom. The summed E-state index contributed by atoms with van der Waals surface area (Å²) in [7, 11) is 0. The Morgan fingerprint density at radius 1 is 0.947 bits per heavy atom. The molecule has 0 saturated heterocycles. The molecule has 3 aromatic rings. The monoisotopic (exact) mass is 248 g/mol. The van der Waals surface area contributed by atoms with E-state index in [0.29, 0.717) is 0 Å². The molecular weight excluding hydrogens is 232 g/mol. The lowest BCUT2D eigenvalue weighted by Gasteiger charge is -2.12. The summed E-state index contributed by atoms with van der Waals surface area (Å²) in [5.74, 6) is 0. The lowest BCUT2D eigenvalue weighted by molar-refractivity contribution is 0.799. The van der Waals surface area contributed by atoms with Crippen LogP contribution in [0.3, 0.4) is 0 Å². The SMILES string of the molecule is Cc1ccccc1-c1ccccc1Cn1ccnc1. The topological polar surface area (TPSA) is 17.8 Å². The molecule has 0 radical (unpaired) electrons. The predicted octanol–water partition coefficient (Wildman–Crippen LogP) is 3.91. The molecule has 0 unspecified atom stereocenters. The minimum absolute atomic E-state index is 0.852. The summed E-state index contributed by atoms with van der Waals surface area (Å²) in [6, 6.07) is 17.1. The van der Waals surface area contributed by atoms with E-state index in [2.05, 4.69) is 65.0 Å². The fraction of sp³-hybridized carbons (Fsp3) is 0.118. The molecule has 0 bridgehead atoms. The first-order chi connectivity index (χ1) is 9.34. The van der Waals surface area contributed by atoms with Gasteiger partial charge in [-0.05, 0) is 29.2 Å². The first-order valence-corrected chi connectivity index (χ1v) is 6.44. The molecule has 2 nitrogen and oxygen atoms in total. The van der Waals surface area contributed by atoms with Crippen LogP contribution in [0.4, 0.5) is 0 Å². The summed E-state index contributed by atoms with van der Waals surface area (Å²) in [4.78, 5) is 4.10. The minimum Gasteiger partial charge on any atom is -0.333 e. The van der Waals surface area contributed by atoms with E-state index in [1.165, 1.54) is 22.3 Å². The molecule has 2 aromatic carbocycles. The number of aryl methyl sites for hydroxylation is 1. The molecule has 0 spiro atoms. The van der Waals surface area contributed by atoms with E-state index in [0.717, 1.165) is 6.54 Å². The average molecular weight is 248 g/mol. The second kappa shape index (κ2) is 5.11. The van der Waals surface area contributed by atoms with E-state index in [1.54, 1.807) is 0 Å². The lowest BCUT2D eigenvalue weighted by atomic mass is 9.96. The maximum atomic E-state index is 4.10. The highest BCUT2D eigenvalue weighted by Gasteiger charge is 2.06. The summed E-state index contributed by atoms with van der Waals surface area (Å²) in [6.45, 7) is 3.01. The average Bonchev–Trinajstić information content (AvgIpc) is 2.93. The van der Waals surface area contributed by atoms with E-state index in [4.69, 9.17) is 0 Å². The van der Waals surface area contributed by atoms with Gasteiger partial charge in [0.1, 0.15) is 0 Å². The van der Waals surface area contributed by atoms with Gasteiger partial charge < -0.3 is 4.57 Å². The van der Waals surface area contributed by atoms with Crippen LogP contribution in [0.2, 0.25) is 0 Å². The van der Waals surface area contributed by atoms with Crippen LogP contribution < -0.4 is 0 Å². The van der Waals surface area contributed by atoms with Gasteiger partial charge in [0.2, 0.25) is 0 Å². The zero-order valence-electron chi connectivity index (χ0n) is 11.0. The first-order valence-electron chi connectivity index (χ1n) is 6.44. The van der Waals surface area contributed by atoms with Crippen LogP contribution in [0.5, 0.6) is 0 Å². The van der Waals surface area contributed by atoms with Crippen molar-refractivity contribution in [3.63, 3.8) is 0 Å². The smallest absolute Gasteiger partial charge is 0.0949 e. The van der Waals surface area contributed by atoms with E-state index < -0.39 is 0 Å². The lowest BCUT2D eigenvalue weighted by Crippen LogP contribution is -1.99. The molecule has 0 atom stereocenters. The van der Waals surface area contributed by atoms with Crippen molar-refractivity contribution in [2.75, 3.05) is 0 Å². The zero-order chi connectivity index (χ0) is 13.1. The van der Waals surface area contributed by atoms with Gasteiger partial charge in [0.15, 0.2) is 0 Å². The third kappa shape index (κ3) is 2.43. The van der Waals surface area contributed by atoms with Gasteiger partial charge in [-0.25, -0.2) is 4.98 Å². The highest BCUT2D eigenvalue weighted by Crippen LogP contribution is 2.27. The highest BCUT2D eigenvalue weighted by molar-refractivity contribution is 5.70. The van der Waals surface area contributed by atoms with E-state index >= 15 is 0 Å². The second-order valence-electron chi connectivity index (χ2n) is 4.71. The van der Waals surface area contributed by atoms with Crippen molar-refractivity contribution < 1.29 is 0 Å². The summed E-state index contributed by atoms with van der Waals surface area (Å²) < 4.78 is 2.09. The van der Waals surface area contributed by atoms with Crippen LogP contribution in [0.1, 0.15) is 11.1 Å². The molecule has 0 fully saturated rings.